The van der Waals surface area contributed by atoms with Gasteiger partial charge in [-0.15, -0.1) is 0 Å². The maximum Gasteiger partial charge on any atom is 0.419 e. The van der Waals surface area contributed by atoms with Gasteiger partial charge in [-0.2, -0.15) is 13.2 Å². The zero-order valence-corrected chi connectivity index (χ0v) is 7.81. The molecule has 0 amide bonds. The summed E-state index contributed by atoms with van der Waals surface area (Å²) >= 11 is 0. The van der Waals surface area contributed by atoms with Crippen LogP contribution in [0.3, 0.4) is 0 Å². The van der Waals surface area contributed by atoms with E-state index in [1.165, 1.54) is 0 Å². The molecule has 0 saturated carbocycles. The third kappa shape index (κ3) is 2.23. The number of alkyl halides is 3. The van der Waals surface area contributed by atoms with Crippen molar-refractivity contribution < 1.29 is 22.7 Å². The van der Waals surface area contributed by atoms with Crippen LogP contribution >= 0.6 is 0 Å². The van der Waals surface area contributed by atoms with Crippen molar-refractivity contribution in [1.82, 2.24) is 4.98 Å². The highest BCUT2D eigenvalue weighted by molar-refractivity contribution is 5.94. The van der Waals surface area contributed by atoms with Gasteiger partial charge in [-0.25, -0.2) is 4.79 Å². The summed E-state index contributed by atoms with van der Waals surface area (Å²) in [6.07, 6.45) is -3.94. The number of esters is 1. The molecule has 84 valence electrons. The number of hydrogen-bond donors (Lipinski definition) is 2. The maximum absolute atomic E-state index is 12.3. The van der Waals surface area contributed by atoms with Crippen LogP contribution < -0.4 is 5.73 Å². The molecule has 4 nitrogen and oxygen atoms in total. The first kappa shape index (κ1) is 11.4. The highest BCUT2D eigenvalue weighted by atomic mass is 19.4. The van der Waals surface area contributed by atoms with Gasteiger partial charge in [0.15, 0.2) is 0 Å². The first-order valence-corrected chi connectivity index (χ1v) is 4.09. The number of H-pyrrole nitrogens is 1. The second kappa shape index (κ2) is 3.84. The molecule has 0 atom stereocenters. The van der Waals surface area contributed by atoms with Gasteiger partial charge in [0.05, 0.1) is 17.9 Å². The average Bonchev–Trinajstić information content (AvgIpc) is 2.46. The van der Waals surface area contributed by atoms with Gasteiger partial charge in [0, 0.05) is 6.20 Å². The zero-order chi connectivity index (χ0) is 11.6. The molecule has 0 aliphatic heterocycles. The number of hydrogen-bond acceptors (Lipinski definition) is 3. The minimum absolute atomic E-state index is 0.0681. The lowest BCUT2D eigenvalue weighted by Crippen LogP contribution is -2.10. The molecule has 0 aromatic carbocycles. The third-order valence-corrected chi connectivity index (χ3v) is 1.71. The molecule has 0 fully saturated rings. The standard InChI is InChI=1S/C8H9F3N2O2/c1-2-15-7(14)6-5(12)4(3-13-6)8(9,10)11/h3,13H,2,12H2,1H3. The summed E-state index contributed by atoms with van der Waals surface area (Å²) in [5, 5.41) is 0. The summed E-state index contributed by atoms with van der Waals surface area (Å²) in [5.41, 5.74) is 3.10. The molecule has 0 saturated heterocycles. The molecule has 0 aliphatic rings. The molecular weight excluding hydrogens is 213 g/mol. The van der Waals surface area contributed by atoms with Crippen LogP contribution in [0, 0.1) is 0 Å². The van der Waals surface area contributed by atoms with Crippen molar-refractivity contribution in [2.24, 2.45) is 0 Å². The summed E-state index contributed by atoms with van der Waals surface area (Å²) < 4.78 is 41.3. The summed E-state index contributed by atoms with van der Waals surface area (Å²) in [6.45, 7) is 1.61. The molecule has 0 radical (unpaired) electrons. The van der Waals surface area contributed by atoms with Crippen LogP contribution in [0.15, 0.2) is 6.20 Å². The summed E-state index contributed by atoms with van der Waals surface area (Å²) in [5.74, 6) is -0.898. The lowest BCUT2D eigenvalue weighted by Gasteiger charge is -2.05. The van der Waals surface area contributed by atoms with Gasteiger partial charge >= 0.3 is 12.1 Å². The van der Waals surface area contributed by atoms with E-state index in [0.717, 1.165) is 0 Å². The second-order valence-electron chi connectivity index (χ2n) is 2.71. The van der Waals surface area contributed by atoms with E-state index in [1.54, 1.807) is 6.92 Å². The van der Waals surface area contributed by atoms with E-state index in [9.17, 15) is 18.0 Å². The lowest BCUT2D eigenvalue weighted by molar-refractivity contribution is -0.136. The van der Waals surface area contributed by atoms with Crippen molar-refractivity contribution in [2.45, 2.75) is 13.1 Å². The van der Waals surface area contributed by atoms with Crippen molar-refractivity contribution in [3.8, 4) is 0 Å². The van der Waals surface area contributed by atoms with Gasteiger partial charge in [0.1, 0.15) is 5.69 Å². The minimum atomic E-state index is -4.58. The van der Waals surface area contributed by atoms with Crippen LogP contribution in [0.4, 0.5) is 18.9 Å². The number of carbonyl (C=O) groups excluding carboxylic acids is 1. The predicted molar refractivity (Wildman–Crippen MR) is 46.2 cm³/mol. The minimum Gasteiger partial charge on any atom is -0.461 e. The van der Waals surface area contributed by atoms with Gasteiger partial charge in [-0.1, -0.05) is 0 Å². The van der Waals surface area contributed by atoms with E-state index >= 15 is 0 Å². The lowest BCUT2D eigenvalue weighted by atomic mass is 10.2. The topological polar surface area (TPSA) is 68.1 Å². The van der Waals surface area contributed by atoms with Crippen molar-refractivity contribution in [1.29, 1.82) is 0 Å². The highest BCUT2D eigenvalue weighted by Crippen LogP contribution is 2.35. The quantitative estimate of drug-likeness (QED) is 0.749. The molecule has 0 unspecified atom stereocenters. The molecule has 0 spiro atoms. The smallest absolute Gasteiger partial charge is 0.419 e. The first-order chi connectivity index (χ1) is 6.88. The zero-order valence-electron chi connectivity index (χ0n) is 7.81. The molecule has 1 heterocycles. The summed E-state index contributed by atoms with van der Waals surface area (Å²) in [6, 6.07) is 0. The van der Waals surface area contributed by atoms with E-state index in [2.05, 4.69) is 9.72 Å². The van der Waals surface area contributed by atoms with E-state index in [1.807, 2.05) is 0 Å². The fourth-order valence-electron chi connectivity index (χ4n) is 1.04. The van der Waals surface area contributed by atoms with E-state index in [0.29, 0.717) is 6.20 Å². The monoisotopic (exact) mass is 222 g/mol. The molecule has 1 aromatic heterocycles. The molecule has 1 rings (SSSR count). The van der Waals surface area contributed by atoms with E-state index < -0.39 is 23.4 Å². The van der Waals surface area contributed by atoms with E-state index in [-0.39, 0.29) is 12.3 Å². The number of anilines is 1. The predicted octanol–water partition coefficient (Wildman–Crippen LogP) is 1.79. The van der Waals surface area contributed by atoms with Crippen molar-refractivity contribution in [3.63, 3.8) is 0 Å². The first-order valence-electron chi connectivity index (χ1n) is 4.09. The third-order valence-electron chi connectivity index (χ3n) is 1.71. The Balaban J connectivity index is 3.04. The Morgan fingerprint density at radius 1 is 1.60 bits per heavy atom. The Kier molecular flexibility index (Phi) is 2.92. The maximum atomic E-state index is 12.3. The number of carbonyl (C=O) groups is 1. The number of rotatable bonds is 2. The summed E-state index contributed by atoms with van der Waals surface area (Å²) in [7, 11) is 0. The Morgan fingerprint density at radius 3 is 2.60 bits per heavy atom. The fraction of sp³-hybridized carbons (Fsp3) is 0.375. The Hall–Kier alpha value is -1.66. The van der Waals surface area contributed by atoms with E-state index in [4.69, 9.17) is 5.73 Å². The molecule has 7 heteroatoms. The SMILES string of the molecule is CCOC(=O)c1[nH]cc(C(F)(F)F)c1N. The molecule has 0 aliphatic carbocycles. The number of nitrogens with one attached hydrogen (secondary N) is 1. The number of nitrogens with two attached hydrogens (primary N) is 1. The number of ether oxygens (including phenoxy) is 1. The Labute approximate surface area is 83.2 Å². The van der Waals surface area contributed by atoms with Crippen LogP contribution in [-0.2, 0) is 10.9 Å². The summed E-state index contributed by atoms with van der Waals surface area (Å²) in [4.78, 5) is 13.3. The fourth-order valence-corrected chi connectivity index (χ4v) is 1.04. The number of nitrogen functional groups attached to an aromatic ring is 1. The van der Waals surface area contributed by atoms with Crippen molar-refractivity contribution >= 4 is 11.7 Å². The van der Waals surface area contributed by atoms with Gasteiger partial charge in [-0.05, 0) is 6.92 Å². The second-order valence-corrected chi connectivity index (χ2v) is 2.71. The number of halogens is 3. The Morgan fingerprint density at radius 2 is 2.20 bits per heavy atom. The molecular formula is C8H9F3N2O2. The van der Waals surface area contributed by atoms with Crippen molar-refractivity contribution in [3.05, 3.63) is 17.5 Å². The van der Waals surface area contributed by atoms with Crippen LogP contribution in [0.25, 0.3) is 0 Å². The Bertz CT molecular complexity index is 370. The van der Waals surface area contributed by atoms with Gasteiger partial charge in [-0.3, -0.25) is 0 Å². The van der Waals surface area contributed by atoms with Gasteiger partial charge in [0.25, 0.3) is 0 Å². The largest absolute Gasteiger partial charge is 0.461 e. The normalized spacial score (nSPS) is 11.5. The average molecular weight is 222 g/mol. The molecule has 15 heavy (non-hydrogen) atoms. The van der Waals surface area contributed by atoms with Crippen molar-refractivity contribution in [2.75, 3.05) is 12.3 Å². The molecule has 3 N–H and O–H groups in total. The van der Waals surface area contributed by atoms with Gasteiger partial charge in [0.2, 0.25) is 0 Å². The highest BCUT2D eigenvalue weighted by Gasteiger charge is 2.36. The van der Waals surface area contributed by atoms with Crippen LogP contribution in [0.1, 0.15) is 23.0 Å². The molecule has 1 aromatic rings. The van der Waals surface area contributed by atoms with Crippen LogP contribution in [-0.4, -0.2) is 17.6 Å². The van der Waals surface area contributed by atoms with Gasteiger partial charge < -0.3 is 15.5 Å². The number of aromatic nitrogens is 1. The van der Waals surface area contributed by atoms with Crippen LogP contribution in [0.2, 0.25) is 0 Å². The molecule has 0 bridgehead atoms. The van der Waals surface area contributed by atoms with Crippen LogP contribution in [0.5, 0.6) is 0 Å². The number of aromatic amines is 1.